The fourth-order valence-corrected chi connectivity index (χ4v) is 8.90. The van der Waals surface area contributed by atoms with Gasteiger partial charge in [0, 0.05) is 61.9 Å². The number of carbonyl (C=O) groups excluding carboxylic acids is 11. The molecule has 0 aliphatic rings. The van der Waals surface area contributed by atoms with Crippen LogP contribution in [0.15, 0.2) is 79.0 Å². The third-order valence-electron chi connectivity index (χ3n) is 13.4. The highest BCUT2D eigenvalue weighted by Crippen LogP contribution is 2.20. The second-order valence-corrected chi connectivity index (χ2v) is 22.0. The Kier molecular flexibility index (Phi) is 26.7. The van der Waals surface area contributed by atoms with Crippen LogP contribution in [0, 0.1) is 11.3 Å². The molecule has 0 saturated heterocycles. The second-order valence-electron chi connectivity index (χ2n) is 21.6. The van der Waals surface area contributed by atoms with Crippen LogP contribution in [-0.2, 0) is 67.2 Å². The monoisotopic (exact) mass is 1230 g/mol. The van der Waals surface area contributed by atoms with Gasteiger partial charge in [-0.25, -0.2) is 10.2 Å². The van der Waals surface area contributed by atoms with Gasteiger partial charge in [0.05, 0.1) is 12.5 Å². The predicted molar refractivity (Wildman–Crippen MR) is 320 cm³/mol. The number of phenolic OH excluding ortho intramolecular Hbond substituents is 1. The number of rotatable bonds is 31. The summed E-state index contributed by atoms with van der Waals surface area (Å²) in [5, 5.41) is 54.8. The van der Waals surface area contributed by atoms with Crippen LogP contribution >= 0.6 is 11.6 Å². The minimum absolute atomic E-state index is 0.00229. The van der Waals surface area contributed by atoms with Crippen molar-refractivity contribution in [2.45, 2.75) is 140 Å². The summed E-state index contributed by atoms with van der Waals surface area (Å²) in [6.07, 6.45) is -0.952. The average molecular weight is 1230 g/mol. The third-order valence-corrected chi connectivity index (χ3v) is 13.6. The maximum Gasteiger partial charge on any atom is 0.334 e. The van der Waals surface area contributed by atoms with E-state index in [2.05, 4.69) is 69.0 Å². The molecule has 0 spiro atoms. The Labute approximate surface area is 507 Å². The van der Waals surface area contributed by atoms with E-state index < -0.39 is 125 Å². The van der Waals surface area contributed by atoms with Crippen molar-refractivity contribution in [3.05, 3.63) is 101 Å². The van der Waals surface area contributed by atoms with Crippen molar-refractivity contribution in [2.24, 2.45) is 17.4 Å². The molecule has 12 amide bonds. The summed E-state index contributed by atoms with van der Waals surface area (Å²) in [5.74, 6) is -9.65. The van der Waals surface area contributed by atoms with Gasteiger partial charge in [-0.3, -0.25) is 58.8 Å². The van der Waals surface area contributed by atoms with E-state index in [1.807, 2.05) is 24.3 Å². The number of hydrogen-bond donors (Lipinski definition) is 18. The number of nitrogens with one attached hydrogen (secondary N) is 14. The number of urea groups is 1. The number of aliphatic hydroxyl groups is 1. The zero-order valence-electron chi connectivity index (χ0n) is 49.3. The number of aromatic amines is 1. The van der Waals surface area contributed by atoms with Crippen molar-refractivity contribution in [2.75, 3.05) is 13.6 Å². The topological polar surface area (TPSA) is 464 Å². The van der Waals surface area contributed by atoms with Crippen LogP contribution in [0.2, 0.25) is 5.02 Å². The number of nitrogens with two attached hydrogens (primary N) is 2. The van der Waals surface area contributed by atoms with Crippen LogP contribution < -0.4 is 75.5 Å². The Balaban J connectivity index is 1.49. The number of amides is 12. The van der Waals surface area contributed by atoms with Crippen LogP contribution in [0.5, 0.6) is 5.75 Å². The van der Waals surface area contributed by atoms with Crippen molar-refractivity contribution in [1.29, 1.82) is 5.41 Å². The summed E-state index contributed by atoms with van der Waals surface area (Å²) >= 11 is 6.11. The van der Waals surface area contributed by atoms with Gasteiger partial charge in [-0.1, -0.05) is 67.9 Å². The lowest BCUT2D eigenvalue weighted by atomic mass is 9.99. The number of hydrogen-bond acceptors (Lipinski definition) is 14. The van der Waals surface area contributed by atoms with Crippen molar-refractivity contribution in [3.63, 3.8) is 0 Å². The minimum Gasteiger partial charge on any atom is -0.508 e. The third kappa shape index (κ3) is 23.1. The van der Waals surface area contributed by atoms with Crippen LogP contribution in [0.25, 0.3) is 10.9 Å². The fraction of sp³-hybridized carbons (Fsp3) is 0.439. The fourth-order valence-electron chi connectivity index (χ4n) is 8.78. The number of aliphatic hydroxyl groups excluding tert-OH is 1. The Hall–Kier alpha value is -9.51. The lowest BCUT2D eigenvalue weighted by Gasteiger charge is -2.30. The molecule has 472 valence electrons. The van der Waals surface area contributed by atoms with Gasteiger partial charge in [0.25, 0.3) is 5.91 Å². The molecule has 0 saturated carbocycles. The molecule has 4 aromatic rings. The van der Waals surface area contributed by atoms with Gasteiger partial charge in [0.2, 0.25) is 53.2 Å². The van der Waals surface area contributed by atoms with E-state index >= 15 is 0 Å². The van der Waals surface area contributed by atoms with Gasteiger partial charge < -0.3 is 79.8 Å². The molecule has 0 bridgehead atoms. The molecule has 87 heavy (non-hydrogen) atoms. The molecule has 0 radical (unpaired) electrons. The first-order valence-electron chi connectivity index (χ1n) is 27.8. The molecule has 29 nitrogen and oxygen atoms in total. The molecule has 0 aliphatic carbocycles. The lowest BCUT2D eigenvalue weighted by molar-refractivity contribution is -0.138. The standard InChI is InChI=1S/C57H79ClN16O13/c1-29(2)23-41(49(81)66-39(13-10-22-63-55(61)62-7)48(80)67-40(47(60)79)26-34-28-64-38-12-9-8-11-37(34)38)70-56(87)74-73-52(84)43(25-32-14-18-35(58)19-15-32)68-53(85)46(30(3)75)71-50(82)44(27-45(59)78)69-54(86)57(5,6)72-51(83)42(65-31(4)76)24-33-16-20-36(77)21-17-33/h8-9,11-12,14-21,28-30,39-44,46,64,75,77H,10,13,22-27H2,1-7H3,(H2,59,78)(H2,60,79)(H,65,76)(H,66,81)(H,67,80)(H,68,85)(H,69,86)(H,71,82)(H,72,83)(H,73,84)(H3,61,62,63)(H2,70,74,87)/t30-,39+,40+,41+,42-,43+,44+,46+/m1/s1. The molecular formula is C57H79ClN16O13. The normalized spacial score (nSPS) is 13.9. The molecule has 1 heterocycles. The van der Waals surface area contributed by atoms with Crippen LogP contribution in [-0.4, -0.2) is 154 Å². The molecular weight excluding hydrogens is 1150 g/mol. The Morgan fingerprint density at radius 2 is 1.23 bits per heavy atom. The summed E-state index contributed by atoms with van der Waals surface area (Å²) in [6, 6.07) is 7.71. The predicted octanol–water partition coefficient (Wildman–Crippen LogP) is -1.61. The molecule has 0 aliphatic heterocycles. The number of guanidine groups is 1. The highest BCUT2D eigenvalue weighted by Gasteiger charge is 2.38. The number of fused-ring (bicyclic) bond motifs is 1. The summed E-state index contributed by atoms with van der Waals surface area (Å²) < 4.78 is 0. The number of hydrazine groups is 1. The number of carbonyl (C=O) groups is 11. The van der Waals surface area contributed by atoms with Crippen molar-refractivity contribution in [1.82, 2.24) is 69.0 Å². The summed E-state index contributed by atoms with van der Waals surface area (Å²) in [6.45, 7) is 8.55. The summed E-state index contributed by atoms with van der Waals surface area (Å²) in [7, 11) is 1.54. The first kappa shape index (κ1) is 70.0. The highest BCUT2D eigenvalue weighted by atomic mass is 35.5. The van der Waals surface area contributed by atoms with E-state index in [1.165, 1.54) is 76.3 Å². The summed E-state index contributed by atoms with van der Waals surface area (Å²) in [4.78, 5) is 151. The maximum atomic E-state index is 14.1. The number of halogens is 1. The zero-order chi connectivity index (χ0) is 64.7. The van der Waals surface area contributed by atoms with E-state index in [-0.39, 0.29) is 62.7 Å². The molecule has 8 atom stereocenters. The molecule has 0 fully saturated rings. The Bertz CT molecular complexity index is 3100. The van der Waals surface area contributed by atoms with Gasteiger partial charge in [0.15, 0.2) is 5.96 Å². The van der Waals surface area contributed by atoms with Crippen molar-refractivity contribution < 1.29 is 63.0 Å². The van der Waals surface area contributed by atoms with Crippen LogP contribution in [0.4, 0.5) is 4.79 Å². The molecule has 0 unspecified atom stereocenters. The average Bonchev–Trinajstić information content (AvgIpc) is 3.73. The number of primary amides is 2. The number of benzene rings is 3. The first-order chi connectivity index (χ1) is 41.0. The van der Waals surface area contributed by atoms with E-state index in [1.54, 1.807) is 20.0 Å². The van der Waals surface area contributed by atoms with E-state index in [9.17, 15) is 63.0 Å². The SMILES string of the molecule is CNC(=N)NCCC[C@H](NC(=O)[C@H](CC(C)C)NC(=O)NNC(=O)[C@H](Cc1ccc(Cl)cc1)NC(=O)[C@@H](NC(=O)[C@H](CC(N)=O)NC(=O)C(C)(C)NC(=O)[C@@H](Cc1ccc(O)cc1)NC(C)=O)[C@@H](C)O)C(=O)N[C@@H](Cc1c[nH]c2ccccc12)C(N)=O. The summed E-state index contributed by atoms with van der Waals surface area (Å²) in [5.41, 5.74) is 16.2. The van der Waals surface area contributed by atoms with Gasteiger partial charge in [-0.05, 0) is 93.0 Å². The van der Waals surface area contributed by atoms with Gasteiger partial charge in [-0.15, -0.1) is 0 Å². The van der Waals surface area contributed by atoms with Gasteiger partial charge >= 0.3 is 6.03 Å². The first-order valence-corrected chi connectivity index (χ1v) is 28.2. The number of aromatic hydroxyl groups is 1. The number of phenols is 1. The zero-order valence-corrected chi connectivity index (χ0v) is 50.0. The van der Waals surface area contributed by atoms with Crippen LogP contribution in [0.1, 0.15) is 83.9 Å². The second kappa shape index (κ2) is 33.3. The minimum atomic E-state index is -1.90. The molecule has 20 N–H and O–H groups in total. The quantitative estimate of drug-likeness (QED) is 0.0117. The smallest absolute Gasteiger partial charge is 0.334 e. The number of para-hydroxylation sites is 1. The number of aromatic nitrogens is 1. The maximum absolute atomic E-state index is 14.1. The van der Waals surface area contributed by atoms with Gasteiger partial charge in [0.1, 0.15) is 53.6 Å². The van der Waals surface area contributed by atoms with E-state index in [0.29, 0.717) is 21.7 Å². The number of H-pyrrole nitrogens is 1. The molecule has 4 rings (SSSR count). The molecule has 1 aromatic heterocycles. The lowest BCUT2D eigenvalue weighted by Crippen LogP contribution is -2.64. The highest BCUT2D eigenvalue weighted by molar-refractivity contribution is 6.30. The largest absolute Gasteiger partial charge is 0.508 e. The Morgan fingerprint density at radius 1 is 0.655 bits per heavy atom. The Morgan fingerprint density at radius 3 is 1.82 bits per heavy atom. The molecule has 3 aromatic carbocycles. The van der Waals surface area contributed by atoms with Crippen molar-refractivity contribution >= 4 is 93.6 Å². The van der Waals surface area contributed by atoms with Gasteiger partial charge in [-0.2, -0.15) is 0 Å². The van der Waals surface area contributed by atoms with E-state index in [4.69, 9.17) is 28.5 Å². The van der Waals surface area contributed by atoms with E-state index in [0.717, 1.165) is 17.8 Å². The van der Waals surface area contributed by atoms with Crippen molar-refractivity contribution in [3.8, 4) is 5.75 Å². The van der Waals surface area contributed by atoms with Crippen LogP contribution in [0.3, 0.4) is 0 Å². The molecule has 30 heteroatoms.